The highest BCUT2D eigenvalue weighted by Crippen LogP contribution is 2.15. The average molecular weight is 948 g/mol. The van der Waals surface area contributed by atoms with Gasteiger partial charge in [-0.05, 0) is 96.3 Å². The Hall–Kier alpha value is -3.41. The lowest BCUT2D eigenvalue weighted by Crippen LogP contribution is -2.30. The summed E-state index contributed by atoms with van der Waals surface area (Å²) >= 11 is 0. The van der Waals surface area contributed by atoms with E-state index in [2.05, 4.69) is 106 Å². The number of carbonyl (C=O) groups excluding carboxylic acids is 3. The van der Waals surface area contributed by atoms with E-state index >= 15 is 0 Å². The summed E-state index contributed by atoms with van der Waals surface area (Å²) in [5.74, 6) is -0.899. The van der Waals surface area contributed by atoms with E-state index < -0.39 is 6.10 Å². The average Bonchev–Trinajstić information content (AvgIpc) is 3.34. The first-order valence-electron chi connectivity index (χ1n) is 28.6. The largest absolute Gasteiger partial charge is 0.462 e. The number of hydrogen-bond donors (Lipinski definition) is 0. The fourth-order valence-electron chi connectivity index (χ4n) is 7.85. The van der Waals surface area contributed by atoms with Crippen LogP contribution >= 0.6 is 0 Å². The van der Waals surface area contributed by atoms with Crippen LogP contribution in [0.2, 0.25) is 0 Å². The first-order valence-corrected chi connectivity index (χ1v) is 28.6. The van der Waals surface area contributed by atoms with E-state index in [9.17, 15) is 14.4 Å². The number of carbonyl (C=O) groups is 3. The van der Waals surface area contributed by atoms with Gasteiger partial charge in [0.2, 0.25) is 0 Å². The molecule has 0 aromatic heterocycles. The lowest BCUT2D eigenvalue weighted by Gasteiger charge is -2.18. The highest BCUT2D eigenvalue weighted by molar-refractivity contribution is 5.71. The minimum Gasteiger partial charge on any atom is -0.462 e. The third-order valence-corrected chi connectivity index (χ3v) is 12.1. The van der Waals surface area contributed by atoms with Crippen LogP contribution in [0.1, 0.15) is 271 Å². The minimum absolute atomic E-state index is 0.0822. The molecule has 0 aliphatic heterocycles. The van der Waals surface area contributed by atoms with Crippen molar-refractivity contribution in [2.45, 2.75) is 277 Å². The number of rotatable bonds is 51. The van der Waals surface area contributed by atoms with E-state index in [0.29, 0.717) is 19.3 Å². The molecular weight excluding hydrogens is 841 g/mol. The van der Waals surface area contributed by atoms with Crippen LogP contribution in [-0.4, -0.2) is 37.2 Å². The molecule has 0 amide bonds. The first kappa shape index (κ1) is 64.6. The van der Waals surface area contributed by atoms with Crippen LogP contribution in [0.3, 0.4) is 0 Å². The van der Waals surface area contributed by atoms with Gasteiger partial charge >= 0.3 is 17.9 Å². The van der Waals surface area contributed by atoms with E-state index in [0.717, 1.165) is 122 Å². The zero-order valence-corrected chi connectivity index (χ0v) is 44.6. The molecule has 0 spiro atoms. The Bertz CT molecular complexity index is 1320. The van der Waals surface area contributed by atoms with Crippen LogP contribution < -0.4 is 0 Å². The van der Waals surface area contributed by atoms with Gasteiger partial charge in [0.05, 0.1) is 0 Å². The predicted molar refractivity (Wildman–Crippen MR) is 293 cm³/mol. The lowest BCUT2D eigenvalue weighted by molar-refractivity contribution is -0.167. The van der Waals surface area contributed by atoms with Crippen LogP contribution in [-0.2, 0) is 28.6 Å². The molecule has 0 radical (unpaired) electrons. The SMILES string of the molecule is CC/C=C\C/C=C\C/C=C\C/C=C\C/C=C\CCCCCCCCCCCC(=O)OCC(COC(=O)CCCCCCCCCCCC)OC(=O)CCCCCCC/C=C\C/C=C\CCCCC. The molecule has 6 nitrogen and oxygen atoms in total. The van der Waals surface area contributed by atoms with Crippen molar-refractivity contribution in [3.8, 4) is 0 Å². The van der Waals surface area contributed by atoms with E-state index in [1.54, 1.807) is 0 Å². The Kier molecular flexibility index (Phi) is 53.4. The normalized spacial score (nSPS) is 12.7. The second-order valence-electron chi connectivity index (χ2n) is 18.8. The predicted octanol–water partition coefficient (Wildman–Crippen LogP) is 19.2. The molecule has 0 N–H and O–H groups in total. The Morgan fingerprint density at radius 1 is 0.309 bits per heavy atom. The van der Waals surface area contributed by atoms with Gasteiger partial charge < -0.3 is 14.2 Å². The topological polar surface area (TPSA) is 78.9 Å². The quantitative estimate of drug-likeness (QED) is 0.0262. The van der Waals surface area contributed by atoms with Crippen molar-refractivity contribution >= 4 is 17.9 Å². The molecule has 0 fully saturated rings. The molecular formula is C62H106O6. The molecule has 0 aromatic carbocycles. The Balaban J connectivity index is 4.29. The Morgan fingerprint density at radius 3 is 0.926 bits per heavy atom. The molecule has 0 rings (SSSR count). The maximum absolute atomic E-state index is 12.8. The first-order chi connectivity index (χ1) is 33.5. The van der Waals surface area contributed by atoms with Gasteiger partial charge in [-0.1, -0.05) is 241 Å². The van der Waals surface area contributed by atoms with E-state index in [4.69, 9.17) is 14.2 Å². The maximum atomic E-state index is 12.8. The van der Waals surface area contributed by atoms with Gasteiger partial charge in [-0.2, -0.15) is 0 Å². The number of ether oxygens (including phenoxy) is 3. The second kappa shape index (κ2) is 56.2. The summed E-state index contributed by atoms with van der Waals surface area (Å²) in [6, 6.07) is 0. The number of esters is 3. The highest BCUT2D eigenvalue weighted by atomic mass is 16.6. The number of hydrogen-bond acceptors (Lipinski definition) is 6. The fraction of sp³-hybridized carbons (Fsp3) is 0.726. The summed E-state index contributed by atoms with van der Waals surface area (Å²) in [5.41, 5.74) is 0. The number of allylic oxidation sites excluding steroid dienone is 14. The third-order valence-electron chi connectivity index (χ3n) is 12.1. The van der Waals surface area contributed by atoms with Gasteiger partial charge in [-0.3, -0.25) is 14.4 Å². The van der Waals surface area contributed by atoms with Crippen molar-refractivity contribution in [2.24, 2.45) is 0 Å². The zero-order valence-electron chi connectivity index (χ0n) is 44.6. The molecule has 68 heavy (non-hydrogen) atoms. The summed E-state index contributed by atoms with van der Waals surface area (Å²) in [6.45, 7) is 6.48. The monoisotopic (exact) mass is 947 g/mol. The molecule has 0 heterocycles. The van der Waals surface area contributed by atoms with Gasteiger partial charge in [0.25, 0.3) is 0 Å². The molecule has 0 aliphatic carbocycles. The standard InChI is InChI=1S/C62H106O6/c1-4-7-10-13-16-19-22-24-26-27-28-29-30-31-32-33-34-35-37-38-40-43-46-49-52-55-61(64)67-58-59(57-66-60(63)54-51-48-45-42-21-18-15-12-9-6-3)68-62(65)56-53-50-47-44-41-39-36-25-23-20-17-14-11-8-5-2/h7,10,16-17,19-20,24-26,28-29,31-32,36,59H,4-6,8-9,11-15,18,21-23,27,30,33-35,37-58H2,1-3H3/b10-7-,19-16-,20-17-,26-24-,29-28-,32-31-,36-25-. The van der Waals surface area contributed by atoms with Gasteiger partial charge in [0.15, 0.2) is 6.10 Å². The number of unbranched alkanes of at least 4 members (excludes halogenated alkanes) is 26. The summed E-state index contributed by atoms with van der Waals surface area (Å²) in [5, 5.41) is 0. The molecule has 0 aromatic rings. The second-order valence-corrected chi connectivity index (χ2v) is 18.8. The van der Waals surface area contributed by atoms with Crippen LogP contribution in [0.4, 0.5) is 0 Å². The molecule has 390 valence electrons. The smallest absolute Gasteiger partial charge is 0.306 e. The van der Waals surface area contributed by atoms with E-state index in [1.165, 1.54) is 109 Å². The van der Waals surface area contributed by atoms with Crippen LogP contribution in [0.5, 0.6) is 0 Å². The van der Waals surface area contributed by atoms with Gasteiger partial charge in [0.1, 0.15) is 13.2 Å². The third kappa shape index (κ3) is 53.5. The van der Waals surface area contributed by atoms with Crippen LogP contribution in [0.15, 0.2) is 85.1 Å². The van der Waals surface area contributed by atoms with Crippen molar-refractivity contribution < 1.29 is 28.6 Å². The molecule has 1 unspecified atom stereocenters. The van der Waals surface area contributed by atoms with Crippen molar-refractivity contribution in [3.05, 3.63) is 85.1 Å². The highest BCUT2D eigenvalue weighted by Gasteiger charge is 2.19. The molecule has 0 saturated heterocycles. The summed E-state index contributed by atoms with van der Waals surface area (Å²) in [6.07, 6.45) is 72.9. The van der Waals surface area contributed by atoms with Crippen molar-refractivity contribution in [3.63, 3.8) is 0 Å². The Labute approximate surface area is 420 Å². The van der Waals surface area contributed by atoms with Crippen LogP contribution in [0, 0.1) is 0 Å². The summed E-state index contributed by atoms with van der Waals surface area (Å²) < 4.78 is 16.8. The summed E-state index contributed by atoms with van der Waals surface area (Å²) in [4.78, 5) is 38.0. The maximum Gasteiger partial charge on any atom is 0.306 e. The molecule has 6 heteroatoms. The van der Waals surface area contributed by atoms with Gasteiger partial charge in [0, 0.05) is 19.3 Å². The van der Waals surface area contributed by atoms with Crippen molar-refractivity contribution in [1.82, 2.24) is 0 Å². The molecule has 0 aliphatic rings. The van der Waals surface area contributed by atoms with E-state index in [-0.39, 0.29) is 31.1 Å². The molecule has 0 bridgehead atoms. The van der Waals surface area contributed by atoms with Crippen molar-refractivity contribution in [1.29, 1.82) is 0 Å². The zero-order chi connectivity index (χ0) is 49.3. The molecule has 0 saturated carbocycles. The van der Waals surface area contributed by atoms with E-state index in [1.807, 2.05) is 0 Å². The van der Waals surface area contributed by atoms with Gasteiger partial charge in [-0.15, -0.1) is 0 Å². The molecule has 1 atom stereocenters. The fourth-order valence-corrected chi connectivity index (χ4v) is 7.85. The van der Waals surface area contributed by atoms with Gasteiger partial charge in [-0.25, -0.2) is 0 Å². The summed E-state index contributed by atoms with van der Waals surface area (Å²) in [7, 11) is 0. The Morgan fingerprint density at radius 2 is 0.574 bits per heavy atom. The minimum atomic E-state index is -0.784. The lowest BCUT2D eigenvalue weighted by atomic mass is 10.1. The van der Waals surface area contributed by atoms with Crippen LogP contribution in [0.25, 0.3) is 0 Å². The van der Waals surface area contributed by atoms with Crippen molar-refractivity contribution in [2.75, 3.05) is 13.2 Å².